The molecule has 1 atom stereocenters. The van der Waals surface area contributed by atoms with Crippen LogP contribution in [0.2, 0.25) is 0 Å². The highest BCUT2D eigenvalue weighted by Gasteiger charge is 2.31. The maximum absolute atomic E-state index is 12.5. The lowest BCUT2D eigenvalue weighted by molar-refractivity contribution is -0.384. The van der Waals surface area contributed by atoms with Gasteiger partial charge in [0.2, 0.25) is 0 Å². The van der Waals surface area contributed by atoms with Crippen molar-refractivity contribution >= 4 is 23.2 Å². The van der Waals surface area contributed by atoms with Crippen molar-refractivity contribution < 1.29 is 14.5 Å². The Morgan fingerprint density at radius 3 is 2.72 bits per heavy atom. The van der Waals surface area contributed by atoms with Crippen LogP contribution in [0, 0.1) is 10.1 Å². The summed E-state index contributed by atoms with van der Waals surface area (Å²) in [7, 11) is 0. The van der Waals surface area contributed by atoms with Crippen LogP contribution < -0.4 is 5.32 Å². The summed E-state index contributed by atoms with van der Waals surface area (Å²) < 4.78 is 0. The van der Waals surface area contributed by atoms with Crippen molar-refractivity contribution in [2.75, 3.05) is 11.9 Å². The lowest BCUT2D eigenvalue weighted by Gasteiger charge is -2.34. The van der Waals surface area contributed by atoms with Crippen LogP contribution in [0.5, 0.6) is 0 Å². The quantitative estimate of drug-likeness (QED) is 0.517. The van der Waals surface area contributed by atoms with E-state index < -0.39 is 16.7 Å². The number of hydrogen-bond acceptors (Lipinski definition) is 4. The highest BCUT2D eigenvalue weighted by Crippen LogP contribution is 2.29. The highest BCUT2D eigenvalue weighted by atomic mass is 16.6. The van der Waals surface area contributed by atoms with E-state index in [2.05, 4.69) is 5.32 Å². The van der Waals surface area contributed by atoms with Gasteiger partial charge in [-0.15, -0.1) is 0 Å². The van der Waals surface area contributed by atoms with E-state index in [1.807, 2.05) is 31.2 Å². The van der Waals surface area contributed by atoms with Crippen molar-refractivity contribution in [2.45, 2.75) is 19.4 Å². The molecule has 1 unspecified atom stereocenters. The van der Waals surface area contributed by atoms with Gasteiger partial charge in [0.25, 0.3) is 5.69 Å². The number of nitro benzene ring substituents is 1. The van der Waals surface area contributed by atoms with Gasteiger partial charge in [0.05, 0.1) is 11.0 Å². The minimum atomic E-state index is -0.799. The molecule has 0 saturated carbocycles. The Morgan fingerprint density at radius 2 is 1.96 bits per heavy atom. The molecular formula is C18H17N3O4. The number of anilines is 1. The summed E-state index contributed by atoms with van der Waals surface area (Å²) in [6.07, 6.45) is 0.691. The standard InChI is InChI=1S/C18H17N3O4/c1-12-16-8-3-2-5-13(16)9-10-20(12)18(23)17(22)19-14-6-4-7-15(11-14)21(24)25/h2-8,11-12H,9-10H2,1H3,(H,19,22). The monoisotopic (exact) mass is 339 g/mol. The van der Waals surface area contributed by atoms with E-state index in [1.165, 1.54) is 34.7 Å². The molecule has 0 fully saturated rings. The van der Waals surface area contributed by atoms with Crippen LogP contribution >= 0.6 is 0 Å². The van der Waals surface area contributed by atoms with Crippen LogP contribution in [-0.2, 0) is 16.0 Å². The predicted molar refractivity (Wildman–Crippen MR) is 92.0 cm³/mol. The van der Waals surface area contributed by atoms with Gasteiger partial charge in [-0.25, -0.2) is 0 Å². The minimum Gasteiger partial charge on any atom is -0.327 e. The molecule has 0 spiro atoms. The number of hydrogen-bond donors (Lipinski definition) is 1. The number of nitro groups is 1. The molecule has 0 aliphatic carbocycles. The molecule has 2 aromatic carbocycles. The number of carbonyl (C=O) groups excluding carboxylic acids is 2. The third kappa shape index (κ3) is 3.35. The molecule has 7 heteroatoms. The molecule has 2 amide bonds. The molecule has 0 bridgehead atoms. The van der Waals surface area contributed by atoms with Crippen molar-refractivity contribution in [1.82, 2.24) is 4.90 Å². The lowest BCUT2D eigenvalue weighted by Crippen LogP contribution is -2.44. The fraction of sp³-hybridized carbons (Fsp3) is 0.222. The molecule has 128 valence electrons. The summed E-state index contributed by atoms with van der Waals surface area (Å²) in [4.78, 5) is 36.6. The summed E-state index contributed by atoms with van der Waals surface area (Å²) in [5, 5.41) is 13.2. The van der Waals surface area contributed by atoms with Crippen LogP contribution in [0.3, 0.4) is 0 Å². The van der Waals surface area contributed by atoms with E-state index in [4.69, 9.17) is 0 Å². The molecule has 7 nitrogen and oxygen atoms in total. The molecular weight excluding hydrogens is 322 g/mol. The molecule has 1 aliphatic heterocycles. The van der Waals surface area contributed by atoms with Gasteiger partial charge in [-0.05, 0) is 30.5 Å². The summed E-state index contributed by atoms with van der Waals surface area (Å²) in [6.45, 7) is 2.34. The Balaban J connectivity index is 1.74. The van der Waals surface area contributed by atoms with E-state index in [0.29, 0.717) is 13.0 Å². The van der Waals surface area contributed by atoms with Gasteiger partial charge >= 0.3 is 11.8 Å². The molecule has 1 heterocycles. The Morgan fingerprint density at radius 1 is 1.20 bits per heavy atom. The van der Waals surface area contributed by atoms with E-state index in [0.717, 1.165) is 5.56 Å². The Kier molecular flexibility index (Phi) is 4.47. The van der Waals surface area contributed by atoms with Gasteiger partial charge in [-0.3, -0.25) is 19.7 Å². The zero-order chi connectivity index (χ0) is 18.0. The van der Waals surface area contributed by atoms with Gasteiger partial charge in [0.15, 0.2) is 0 Å². The van der Waals surface area contributed by atoms with Crippen molar-refractivity contribution in [3.63, 3.8) is 0 Å². The fourth-order valence-electron chi connectivity index (χ4n) is 3.06. The summed E-state index contributed by atoms with van der Waals surface area (Å²) in [5.41, 5.74) is 2.28. The van der Waals surface area contributed by atoms with Gasteiger partial charge in [0, 0.05) is 24.4 Å². The Bertz CT molecular complexity index is 850. The first kappa shape index (κ1) is 16.6. The average Bonchev–Trinajstić information content (AvgIpc) is 2.62. The molecule has 0 saturated heterocycles. The van der Waals surface area contributed by atoms with Crippen LogP contribution in [0.25, 0.3) is 0 Å². The maximum atomic E-state index is 12.5. The number of amides is 2. The number of nitrogens with zero attached hydrogens (tertiary/aromatic N) is 2. The number of benzene rings is 2. The topological polar surface area (TPSA) is 92.6 Å². The number of fused-ring (bicyclic) bond motifs is 1. The first-order valence-electron chi connectivity index (χ1n) is 7.91. The van der Waals surface area contributed by atoms with Crippen LogP contribution in [0.1, 0.15) is 24.1 Å². The average molecular weight is 339 g/mol. The van der Waals surface area contributed by atoms with Crippen LogP contribution in [0.4, 0.5) is 11.4 Å². The largest absolute Gasteiger partial charge is 0.327 e. The zero-order valence-electron chi connectivity index (χ0n) is 13.6. The zero-order valence-corrected chi connectivity index (χ0v) is 13.6. The van der Waals surface area contributed by atoms with Crippen LogP contribution in [-0.4, -0.2) is 28.2 Å². The van der Waals surface area contributed by atoms with Gasteiger partial charge in [0.1, 0.15) is 0 Å². The second kappa shape index (κ2) is 6.72. The number of carbonyl (C=O) groups is 2. The van der Waals surface area contributed by atoms with Crippen LogP contribution in [0.15, 0.2) is 48.5 Å². The van der Waals surface area contributed by atoms with Gasteiger partial charge in [-0.1, -0.05) is 30.3 Å². The molecule has 1 N–H and O–H groups in total. The number of rotatable bonds is 2. The predicted octanol–water partition coefficient (Wildman–Crippen LogP) is 2.68. The Labute approximate surface area is 144 Å². The third-order valence-electron chi connectivity index (χ3n) is 4.36. The maximum Gasteiger partial charge on any atom is 0.313 e. The molecule has 3 rings (SSSR count). The van der Waals surface area contributed by atoms with E-state index in [-0.39, 0.29) is 17.4 Å². The fourth-order valence-corrected chi connectivity index (χ4v) is 3.06. The summed E-state index contributed by atoms with van der Waals surface area (Å²) in [5.74, 6) is -1.44. The van der Waals surface area contributed by atoms with Gasteiger partial charge < -0.3 is 10.2 Å². The smallest absolute Gasteiger partial charge is 0.313 e. The molecule has 0 aromatic heterocycles. The minimum absolute atomic E-state index is 0.148. The second-order valence-corrected chi connectivity index (χ2v) is 5.88. The molecule has 1 aliphatic rings. The number of nitrogens with one attached hydrogen (secondary N) is 1. The molecule has 0 radical (unpaired) electrons. The highest BCUT2D eigenvalue weighted by molar-refractivity contribution is 6.39. The number of non-ortho nitro benzene ring substituents is 1. The third-order valence-corrected chi connectivity index (χ3v) is 4.36. The summed E-state index contributed by atoms with van der Waals surface area (Å²) >= 11 is 0. The SMILES string of the molecule is CC1c2ccccc2CCN1C(=O)C(=O)Nc1cccc([N+](=O)[O-])c1. The Hall–Kier alpha value is -3.22. The lowest BCUT2D eigenvalue weighted by atomic mass is 9.93. The summed E-state index contributed by atoms with van der Waals surface area (Å²) in [6, 6.07) is 13.2. The normalized spacial score (nSPS) is 16.0. The molecule has 2 aromatic rings. The first-order valence-corrected chi connectivity index (χ1v) is 7.91. The van der Waals surface area contributed by atoms with E-state index >= 15 is 0 Å². The van der Waals surface area contributed by atoms with Crippen molar-refractivity contribution in [3.8, 4) is 0 Å². The van der Waals surface area contributed by atoms with Crippen molar-refractivity contribution in [1.29, 1.82) is 0 Å². The van der Waals surface area contributed by atoms with E-state index in [9.17, 15) is 19.7 Å². The van der Waals surface area contributed by atoms with Crippen molar-refractivity contribution in [2.24, 2.45) is 0 Å². The van der Waals surface area contributed by atoms with Crippen molar-refractivity contribution in [3.05, 3.63) is 69.8 Å². The van der Waals surface area contributed by atoms with Gasteiger partial charge in [-0.2, -0.15) is 0 Å². The molecule has 25 heavy (non-hydrogen) atoms. The first-order chi connectivity index (χ1) is 12.0. The second-order valence-electron chi connectivity index (χ2n) is 5.88. The van der Waals surface area contributed by atoms with E-state index in [1.54, 1.807) is 0 Å².